The van der Waals surface area contributed by atoms with Crippen molar-refractivity contribution in [1.82, 2.24) is 19.5 Å². The topological polar surface area (TPSA) is 88.0 Å². The Bertz CT molecular complexity index is 1260. The summed E-state index contributed by atoms with van der Waals surface area (Å²) >= 11 is 0. The van der Waals surface area contributed by atoms with E-state index >= 15 is 0 Å². The zero-order valence-corrected chi connectivity index (χ0v) is 18.7. The van der Waals surface area contributed by atoms with Crippen LogP contribution in [0.15, 0.2) is 60.9 Å². The van der Waals surface area contributed by atoms with Gasteiger partial charge in [-0.25, -0.2) is 9.97 Å². The number of nitrogens with zero attached hydrogens (tertiary/aromatic N) is 5. The highest BCUT2D eigenvalue weighted by molar-refractivity contribution is 5.91. The summed E-state index contributed by atoms with van der Waals surface area (Å²) in [6.07, 6.45) is 5.34. The fourth-order valence-corrected chi connectivity index (χ4v) is 4.13. The second-order valence-corrected chi connectivity index (χ2v) is 8.35. The number of carbonyl (C=O) groups excluding carboxylic acids is 1. The van der Waals surface area contributed by atoms with Crippen molar-refractivity contribution >= 4 is 40.1 Å². The number of rotatable bonds is 6. The summed E-state index contributed by atoms with van der Waals surface area (Å²) in [4.78, 5) is 28.4. The molecule has 2 aromatic carbocycles. The minimum atomic E-state index is -0.100. The van der Waals surface area contributed by atoms with E-state index < -0.39 is 0 Å². The van der Waals surface area contributed by atoms with Crippen molar-refractivity contribution in [3.63, 3.8) is 0 Å². The van der Waals surface area contributed by atoms with Crippen LogP contribution in [0, 0.1) is 6.92 Å². The predicted molar refractivity (Wildman–Crippen MR) is 131 cm³/mol. The van der Waals surface area contributed by atoms with E-state index in [2.05, 4.69) is 25.5 Å². The van der Waals surface area contributed by atoms with Gasteiger partial charge in [-0.2, -0.15) is 4.98 Å². The quantitative estimate of drug-likeness (QED) is 0.458. The Labute approximate surface area is 192 Å². The number of anilines is 4. The van der Waals surface area contributed by atoms with Crippen molar-refractivity contribution in [2.24, 2.45) is 0 Å². The van der Waals surface area contributed by atoms with Gasteiger partial charge in [-0.15, -0.1) is 0 Å². The smallest absolute Gasteiger partial charge is 0.244 e. The molecule has 0 aliphatic carbocycles. The number of aryl methyl sites for hydroxylation is 1. The molecule has 8 heteroatoms. The van der Waals surface area contributed by atoms with E-state index in [1.54, 1.807) is 6.33 Å². The number of imidazole rings is 1. The number of benzene rings is 2. The van der Waals surface area contributed by atoms with Crippen molar-refractivity contribution in [3.8, 4) is 0 Å². The Balaban J connectivity index is 1.22. The molecule has 1 amide bonds. The average molecular weight is 442 g/mol. The van der Waals surface area contributed by atoms with E-state index in [9.17, 15) is 4.79 Å². The van der Waals surface area contributed by atoms with Crippen LogP contribution in [0.25, 0.3) is 11.0 Å². The third kappa shape index (κ3) is 4.95. The van der Waals surface area contributed by atoms with Crippen LogP contribution >= 0.6 is 0 Å². The molecule has 168 valence electrons. The van der Waals surface area contributed by atoms with Gasteiger partial charge >= 0.3 is 0 Å². The molecule has 2 N–H and O–H groups in total. The number of piperidine rings is 1. The van der Waals surface area contributed by atoms with Crippen molar-refractivity contribution in [2.45, 2.75) is 32.7 Å². The van der Waals surface area contributed by atoms with Gasteiger partial charge in [0, 0.05) is 36.2 Å². The summed E-state index contributed by atoms with van der Waals surface area (Å²) in [5.74, 6) is 1.46. The molecule has 0 atom stereocenters. The molecule has 8 nitrogen and oxygen atoms in total. The molecule has 0 saturated carbocycles. The zero-order valence-electron chi connectivity index (χ0n) is 18.7. The lowest BCUT2D eigenvalue weighted by atomic mass is 10.1. The van der Waals surface area contributed by atoms with Crippen molar-refractivity contribution < 1.29 is 4.79 Å². The molecule has 1 aliphatic rings. The lowest BCUT2D eigenvalue weighted by Crippen LogP contribution is -2.31. The number of fused-ring (bicyclic) bond motifs is 1. The second kappa shape index (κ2) is 9.28. The standard InChI is InChI=1S/C25H27N7O/c1-18-15-23(30-25(27-18)31-13-5-2-6-14-31)28-19-9-11-20(12-10-19)29-24(33)16-32-17-26-21-7-3-4-8-22(21)32/h3-4,7-12,15,17H,2,5-6,13-14,16H2,1H3,(H,29,33)(H,27,28,30). The molecule has 0 radical (unpaired) electrons. The highest BCUT2D eigenvalue weighted by Crippen LogP contribution is 2.22. The fourth-order valence-electron chi connectivity index (χ4n) is 4.13. The van der Waals surface area contributed by atoms with E-state index in [-0.39, 0.29) is 12.5 Å². The summed E-state index contributed by atoms with van der Waals surface area (Å²) in [7, 11) is 0. The molecule has 1 fully saturated rings. The van der Waals surface area contributed by atoms with Crippen molar-refractivity contribution in [3.05, 3.63) is 66.6 Å². The summed E-state index contributed by atoms with van der Waals surface area (Å²) in [6, 6.07) is 17.3. The van der Waals surface area contributed by atoms with Gasteiger partial charge < -0.3 is 20.1 Å². The van der Waals surface area contributed by atoms with Gasteiger partial charge in [0.05, 0.1) is 17.4 Å². The summed E-state index contributed by atoms with van der Waals surface area (Å²) in [6.45, 7) is 4.21. The molecule has 0 unspecified atom stereocenters. The van der Waals surface area contributed by atoms with Gasteiger partial charge in [0.2, 0.25) is 11.9 Å². The first-order chi connectivity index (χ1) is 16.1. The number of hydrogen-bond donors (Lipinski definition) is 2. The Morgan fingerprint density at radius 3 is 2.55 bits per heavy atom. The number of carbonyl (C=O) groups is 1. The van der Waals surface area contributed by atoms with Crippen LogP contribution < -0.4 is 15.5 Å². The normalized spacial score (nSPS) is 13.8. The SMILES string of the molecule is Cc1cc(Nc2ccc(NC(=O)Cn3cnc4ccccc43)cc2)nc(N2CCCCC2)n1. The lowest BCUT2D eigenvalue weighted by molar-refractivity contribution is -0.116. The van der Waals surface area contributed by atoms with Gasteiger partial charge in [-0.1, -0.05) is 12.1 Å². The number of nitrogens with one attached hydrogen (secondary N) is 2. The molecular formula is C25H27N7O. The maximum absolute atomic E-state index is 12.5. The van der Waals surface area contributed by atoms with Gasteiger partial charge in [0.15, 0.2) is 0 Å². The van der Waals surface area contributed by atoms with E-state index in [0.717, 1.165) is 53.0 Å². The first kappa shape index (κ1) is 20.9. The monoisotopic (exact) mass is 441 g/mol. The first-order valence-corrected chi connectivity index (χ1v) is 11.3. The third-order valence-electron chi connectivity index (χ3n) is 5.76. The second-order valence-electron chi connectivity index (χ2n) is 8.35. The van der Waals surface area contributed by atoms with Crippen LogP contribution in [-0.4, -0.2) is 38.5 Å². The van der Waals surface area contributed by atoms with Crippen LogP contribution in [0.5, 0.6) is 0 Å². The van der Waals surface area contributed by atoms with Crippen molar-refractivity contribution in [2.75, 3.05) is 28.6 Å². The van der Waals surface area contributed by atoms with Crippen LogP contribution in [0.2, 0.25) is 0 Å². The summed E-state index contributed by atoms with van der Waals surface area (Å²) in [5.41, 5.74) is 4.39. The molecule has 33 heavy (non-hydrogen) atoms. The maximum atomic E-state index is 12.5. The molecule has 1 aliphatic heterocycles. The van der Waals surface area contributed by atoms with E-state index in [1.807, 2.05) is 66.1 Å². The summed E-state index contributed by atoms with van der Waals surface area (Å²) in [5, 5.41) is 6.31. The van der Waals surface area contributed by atoms with Gasteiger partial charge in [-0.3, -0.25) is 4.79 Å². The highest BCUT2D eigenvalue weighted by Gasteiger charge is 2.15. The lowest BCUT2D eigenvalue weighted by Gasteiger charge is -2.27. The molecule has 5 rings (SSSR count). The van der Waals surface area contributed by atoms with Gasteiger partial charge in [0.25, 0.3) is 0 Å². The number of aromatic nitrogens is 4. The van der Waals surface area contributed by atoms with Gasteiger partial charge in [-0.05, 0) is 62.6 Å². The third-order valence-corrected chi connectivity index (χ3v) is 5.76. The van der Waals surface area contributed by atoms with Crippen molar-refractivity contribution in [1.29, 1.82) is 0 Å². The number of para-hydroxylation sites is 2. The molecule has 0 spiro atoms. The molecule has 4 aromatic rings. The molecule has 0 bridgehead atoms. The first-order valence-electron chi connectivity index (χ1n) is 11.3. The number of hydrogen-bond acceptors (Lipinski definition) is 6. The predicted octanol–water partition coefficient (Wildman–Crippen LogP) is 4.51. The maximum Gasteiger partial charge on any atom is 0.244 e. The van der Waals surface area contributed by atoms with Crippen LogP contribution in [0.4, 0.5) is 23.1 Å². The van der Waals surface area contributed by atoms with Gasteiger partial charge in [0.1, 0.15) is 12.4 Å². The van der Waals surface area contributed by atoms with E-state index in [1.165, 1.54) is 19.3 Å². The average Bonchev–Trinajstić information content (AvgIpc) is 3.23. The Kier molecular flexibility index (Phi) is 5.89. The Morgan fingerprint density at radius 2 is 1.73 bits per heavy atom. The zero-order chi connectivity index (χ0) is 22.6. The Morgan fingerprint density at radius 1 is 0.970 bits per heavy atom. The summed E-state index contributed by atoms with van der Waals surface area (Å²) < 4.78 is 1.85. The minimum Gasteiger partial charge on any atom is -0.341 e. The van der Waals surface area contributed by atoms with Crippen LogP contribution in [0.3, 0.4) is 0 Å². The minimum absolute atomic E-state index is 0.100. The highest BCUT2D eigenvalue weighted by atomic mass is 16.1. The van der Waals surface area contributed by atoms with Crippen LogP contribution in [-0.2, 0) is 11.3 Å². The van der Waals surface area contributed by atoms with E-state index in [4.69, 9.17) is 4.98 Å². The largest absolute Gasteiger partial charge is 0.341 e. The Hall–Kier alpha value is -3.94. The molecular weight excluding hydrogens is 414 g/mol. The number of amides is 1. The molecule has 3 heterocycles. The fraction of sp³-hybridized carbons (Fsp3) is 0.280. The molecule has 2 aromatic heterocycles. The van der Waals surface area contributed by atoms with E-state index in [0.29, 0.717) is 0 Å². The molecule has 1 saturated heterocycles. The van der Waals surface area contributed by atoms with Crippen LogP contribution in [0.1, 0.15) is 25.0 Å².